The highest BCUT2D eigenvalue weighted by Gasteiger charge is 2.26. The van der Waals surface area contributed by atoms with Gasteiger partial charge in [-0.3, -0.25) is 14.5 Å². The highest BCUT2D eigenvalue weighted by molar-refractivity contribution is 5.96. The molecule has 0 radical (unpaired) electrons. The molecule has 0 atom stereocenters. The summed E-state index contributed by atoms with van der Waals surface area (Å²) in [7, 11) is 0. The molecule has 2 fully saturated rings. The number of nitriles is 1. The summed E-state index contributed by atoms with van der Waals surface area (Å²) in [5, 5.41) is 11.7. The van der Waals surface area contributed by atoms with Gasteiger partial charge in [0.05, 0.1) is 11.6 Å². The van der Waals surface area contributed by atoms with Crippen LogP contribution in [-0.2, 0) is 4.79 Å². The van der Waals surface area contributed by atoms with Crippen molar-refractivity contribution in [2.24, 2.45) is 5.92 Å². The van der Waals surface area contributed by atoms with Crippen LogP contribution in [0.2, 0.25) is 0 Å². The number of benzene rings is 1. The van der Waals surface area contributed by atoms with Crippen molar-refractivity contribution >= 4 is 11.8 Å². The summed E-state index contributed by atoms with van der Waals surface area (Å²) >= 11 is 0. The molecule has 0 unspecified atom stereocenters. The maximum absolute atomic E-state index is 14.5. The smallest absolute Gasteiger partial charge is 0.255 e. The summed E-state index contributed by atoms with van der Waals surface area (Å²) < 4.78 is 14.5. The number of halogens is 1. The van der Waals surface area contributed by atoms with E-state index in [-0.39, 0.29) is 5.91 Å². The molecule has 7 heteroatoms. The average Bonchev–Trinajstić information content (AvgIpc) is 2.81. The Balaban J connectivity index is 1.47. The number of carbonyl (C=O) groups is 2. The van der Waals surface area contributed by atoms with E-state index in [0.29, 0.717) is 47.7 Å². The fourth-order valence-corrected chi connectivity index (χ4v) is 4.07. The number of amides is 2. The largest absolute Gasteiger partial charge is 0.340 e. The lowest BCUT2D eigenvalue weighted by Gasteiger charge is -2.36. The molecule has 1 saturated carbocycles. The molecule has 1 aromatic rings. The van der Waals surface area contributed by atoms with Crippen LogP contribution in [-0.4, -0.2) is 54.3 Å². The average molecular weight is 465 g/mol. The van der Waals surface area contributed by atoms with Gasteiger partial charge in [-0.15, -0.1) is 0 Å². The molecule has 0 aromatic heterocycles. The first-order chi connectivity index (χ1) is 16.4. The minimum atomic E-state index is -0.446. The molecule has 180 valence electrons. The molecule has 34 heavy (non-hydrogen) atoms. The molecule has 0 spiro atoms. The second-order valence-corrected chi connectivity index (χ2v) is 9.09. The Kier molecular flexibility index (Phi) is 9.17. The van der Waals surface area contributed by atoms with Crippen molar-refractivity contribution in [3.8, 4) is 6.07 Å². The van der Waals surface area contributed by atoms with E-state index in [1.165, 1.54) is 37.5 Å². The Hall–Kier alpha value is -3.24. The predicted molar refractivity (Wildman–Crippen MR) is 130 cm³/mol. The van der Waals surface area contributed by atoms with Crippen molar-refractivity contribution in [3.05, 3.63) is 71.2 Å². The first-order valence-corrected chi connectivity index (χ1v) is 11.9. The topological polar surface area (TPSA) is 76.4 Å². The summed E-state index contributed by atoms with van der Waals surface area (Å²) in [6.45, 7) is 9.29. The number of hydrogen-bond acceptors (Lipinski definition) is 4. The third-order valence-corrected chi connectivity index (χ3v) is 6.44. The first-order valence-electron chi connectivity index (χ1n) is 11.9. The lowest BCUT2D eigenvalue weighted by atomic mass is 9.82. The molecule has 1 aromatic carbocycles. The minimum Gasteiger partial charge on any atom is -0.340 e. The van der Waals surface area contributed by atoms with E-state index >= 15 is 0 Å². The molecule has 6 nitrogen and oxygen atoms in total. The van der Waals surface area contributed by atoms with E-state index in [9.17, 15) is 14.0 Å². The van der Waals surface area contributed by atoms with Crippen LogP contribution in [0.4, 0.5) is 4.39 Å². The highest BCUT2D eigenvalue weighted by Crippen LogP contribution is 2.30. The lowest BCUT2D eigenvalue weighted by molar-refractivity contribution is -0.134. The third-order valence-electron chi connectivity index (χ3n) is 6.44. The molecule has 1 saturated heterocycles. The number of hydrogen-bond donors (Lipinski definition) is 1. The van der Waals surface area contributed by atoms with Crippen molar-refractivity contribution in [1.82, 2.24) is 15.1 Å². The molecule has 0 bridgehead atoms. The summed E-state index contributed by atoms with van der Waals surface area (Å²) in [5.74, 6) is -0.0142. The van der Waals surface area contributed by atoms with Crippen LogP contribution < -0.4 is 5.32 Å². The third kappa shape index (κ3) is 7.39. The summed E-state index contributed by atoms with van der Waals surface area (Å²) in [4.78, 5) is 29.1. The number of nitrogens with one attached hydrogen (secondary N) is 1. The Bertz CT molecular complexity index is 1010. The molecule has 1 heterocycles. The SMILES string of the molecule is C=C(C)/C(=C\C(F)=C/CCN1CCN(C(=O)CC2CCC2)CC1)NC(=O)c1cccc(C#N)c1. The number of allylic oxidation sites excluding steroid dienone is 3. The quantitative estimate of drug-likeness (QED) is 0.552. The fourth-order valence-electron chi connectivity index (χ4n) is 4.07. The normalized spacial score (nSPS) is 17.6. The summed E-state index contributed by atoms with van der Waals surface area (Å²) in [5.41, 5.74) is 1.51. The fraction of sp³-hybridized carbons (Fsp3) is 0.444. The Morgan fingerprint density at radius 2 is 2.00 bits per heavy atom. The van der Waals surface area contributed by atoms with Crippen LogP contribution in [0.1, 0.15) is 54.9 Å². The molecule has 3 rings (SSSR count). The second kappa shape index (κ2) is 12.3. The number of piperazine rings is 1. The molecule has 1 aliphatic carbocycles. The van der Waals surface area contributed by atoms with E-state index in [2.05, 4.69) is 16.8 Å². The maximum atomic E-state index is 14.5. The molecule has 1 N–H and O–H groups in total. The molecule has 2 aliphatic rings. The van der Waals surface area contributed by atoms with Crippen molar-refractivity contribution in [1.29, 1.82) is 5.26 Å². The molecule has 2 amide bonds. The zero-order chi connectivity index (χ0) is 24.5. The first kappa shape index (κ1) is 25.4. The molecular weight excluding hydrogens is 431 g/mol. The van der Waals surface area contributed by atoms with E-state index in [1.54, 1.807) is 25.1 Å². The van der Waals surface area contributed by atoms with Crippen molar-refractivity contribution in [2.75, 3.05) is 32.7 Å². The molecule has 1 aliphatic heterocycles. The monoisotopic (exact) mass is 464 g/mol. The van der Waals surface area contributed by atoms with Gasteiger partial charge < -0.3 is 10.2 Å². The van der Waals surface area contributed by atoms with Crippen LogP contribution in [0, 0.1) is 17.2 Å². The number of rotatable bonds is 9. The number of nitrogens with zero attached hydrogens (tertiary/aromatic N) is 3. The minimum absolute atomic E-state index is 0.272. The van der Waals surface area contributed by atoms with Crippen LogP contribution >= 0.6 is 0 Å². The van der Waals surface area contributed by atoms with Gasteiger partial charge in [0.15, 0.2) is 0 Å². The van der Waals surface area contributed by atoms with Crippen molar-refractivity contribution in [3.63, 3.8) is 0 Å². The summed E-state index contributed by atoms with van der Waals surface area (Å²) in [6.07, 6.45) is 7.60. The van der Waals surface area contributed by atoms with Gasteiger partial charge in [-0.25, -0.2) is 4.39 Å². The van der Waals surface area contributed by atoms with Gasteiger partial charge in [-0.2, -0.15) is 5.26 Å². The van der Waals surface area contributed by atoms with Crippen LogP contribution in [0.3, 0.4) is 0 Å². The van der Waals surface area contributed by atoms with Crippen LogP contribution in [0.25, 0.3) is 0 Å². The highest BCUT2D eigenvalue weighted by atomic mass is 19.1. The second-order valence-electron chi connectivity index (χ2n) is 9.09. The van der Waals surface area contributed by atoms with Gasteiger partial charge in [-0.1, -0.05) is 19.1 Å². The van der Waals surface area contributed by atoms with Gasteiger partial charge in [0.2, 0.25) is 5.91 Å². The zero-order valence-corrected chi connectivity index (χ0v) is 19.9. The van der Waals surface area contributed by atoms with Gasteiger partial charge in [-0.05, 0) is 68.0 Å². The maximum Gasteiger partial charge on any atom is 0.255 e. The van der Waals surface area contributed by atoms with Crippen molar-refractivity contribution in [2.45, 2.75) is 39.0 Å². The van der Waals surface area contributed by atoms with Gasteiger partial charge in [0, 0.05) is 50.4 Å². The predicted octanol–water partition coefficient (Wildman–Crippen LogP) is 4.33. The number of carbonyl (C=O) groups excluding carboxylic acids is 2. The van der Waals surface area contributed by atoms with E-state index in [4.69, 9.17) is 5.26 Å². The van der Waals surface area contributed by atoms with E-state index in [1.807, 2.05) is 11.0 Å². The Labute approximate surface area is 201 Å². The summed E-state index contributed by atoms with van der Waals surface area (Å²) in [6, 6.07) is 8.32. The van der Waals surface area contributed by atoms with E-state index < -0.39 is 11.7 Å². The van der Waals surface area contributed by atoms with Gasteiger partial charge >= 0.3 is 0 Å². The van der Waals surface area contributed by atoms with Crippen molar-refractivity contribution < 1.29 is 14.0 Å². The van der Waals surface area contributed by atoms with E-state index in [0.717, 1.165) is 26.2 Å². The standard InChI is InChI=1S/C27H33FN4O2/c1-20(2)25(30-27(34)23-9-4-8-22(16-23)19-29)18-24(28)10-5-11-31-12-14-32(15-13-31)26(33)17-21-6-3-7-21/h4,8-10,16,18,21H,1,3,5-7,11-15,17H2,2H3,(H,30,34)/b24-10+,25-18+. The van der Waals surface area contributed by atoms with Crippen LogP contribution in [0.5, 0.6) is 0 Å². The zero-order valence-electron chi connectivity index (χ0n) is 19.9. The van der Waals surface area contributed by atoms with Gasteiger partial charge in [0.1, 0.15) is 5.83 Å². The van der Waals surface area contributed by atoms with Crippen LogP contribution in [0.15, 0.2) is 60.1 Å². The Morgan fingerprint density at radius 3 is 2.62 bits per heavy atom. The van der Waals surface area contributed by atoms with Gasteiger partial charge in [0.25, 0.3) is 5.91 Å². The lowest BCUT2D eigenvalue weighted by Crippen LogP contribution is -2.49. The molecular formula is C27H33FN4O2. The Morgan fingerprint density at radius 1 is 1.26 bits per heavy atom.